The van der Waals surface area contributed by atoms with Crippen molar-refractivity contribution in [3.05, 3.63) is 29.3 Å². The number of amides is 2. The second-order valence-corrected chi connectivity index (χ2v) is 5.45. The molecule has 2 amide bonds. The van der Waals surface area contributed by atoms with E-state index < -0.39 is 5.91 Å². The van der Waals surface area contributed by atoms with Crippen molar-refractivity contribution < 1.29 is 9.59 Å². The Balaban J connectivity index is 2.54. The van der Waals surface area contributed by atoms with E-state index in [4.69, 9.17) is 5.73 Å². The van der Waals surface area contributed by atoms with Gasteiger partial charge in [-0.15, -0.1) is 0 Å². The molecule has 1 aromatic carbocycles. The highest BCUT2D eigenvalue weighted by Gasteiger charge is 2.39. The summed E-state index contributed by atoms with van der Waals surface area (Å²) in [5, 5.41) is 2.83. The van der Waals surface area contributed by atoms with Crippen LogP contribution in [0.4, 0.5) is 5.69 Å². The Hall–Kier alpha value is -1.84. The molecule has 4 heteroatoms. The molecule has 0 spiro atoms. The quantitative estimate of drug-likeness (QED) is 0.775. The topological polar surface area (TPSA) is 72.2 Å². The van der Waals surface area contributed by atoms with Gasteiger partial charge in [0.15, 0.2) is 0 Å². The molecule has 1 atom stereocenters. The highest BCUT2D eigenvalue weighted by atomic mass is 16.2. The molecule has 0 aromatic heterocycles. The molecule has 1 aliphatic rings. The summed E-state index contributed by atoms with van der Waals surface area (Å²) in [6.07, 6.45) is 0. The molecular formula is C13H16N2O2. The van der Waals surface area contributed by atoms with Gasteiger partial charge in [0.2, 0.25) is 11.8 Å². The first kappa shape index (κ1) is 11.6. The van der Waals surface area contributed by atoms with Crippen molar-refractivity contribution in [3.63, 3.8) is 0 Å². The number of hydrogen-bond acceptors (Lipinski definition) is 2. The fraction of sp³-hybridized carbons (Fsp3) is 0.385. The van der Waals surface area contributed by atoms with E-state index >= 15 is 0 Å². The van der Waals surface area contributed by atoms with Crippen LogP contribution in [0, 0.1) is 5.41 Å². The molecule has 0 radical (unpaired) electrons. The van der Waals surface area contributed by atoms with Gasteiger partial charge in [0.1, 0.15) is 0 Å². The Morgan fingerprint density at radius 2 is 2.00 bits per heavy atom. The first-order valence-corrected chi connectivity index (χ1v) is 5.55. The summed E-state index contributed by atoms with van der Waals surface area (Å²) in [7, 11) is 0. The van der Waals surface area contributed by atoms with E-state index in [1.54, 1.807) is 18.2 Å². The maximum Gasteiger partial charge on any atom is 0.248 e. The molecule has 2 rings (SSSR count). The molecule has 90 valence electrons. The summed E-state index contributed by atoms with van der Waals surface area (Å²) in [6.45, 7) is 6.01. The van der Waals surface area contributed by atoms with Crippen molar-refractivity contribution in [1.29, 1.82) is 0 Å². The molecule has 1 aromatic rings. The average molecular weight is 232 g/mol. The van der Waals surface area contributed by atoms with Gasteiger partial charge >= 0.3 is 0 Å². The van der Waals surface area contributed by atoms with Crippen LogP contribution >= 0.6 is 0 Å². The maximum absolute atomic E-state index is 11.9. The van der Waals surface area contributed by atoms with Crippen molar-refractivity contribution in [1.82, 2.24) is 0 Å². The lowest BCUT2D eigenvalue weighted by atomic mass is 9.77. The van der Waals surface area contributed by atoms with Gasteiger partial charge in [0.25, 0.3) is 0 Å². The Bertz CT molecular complexity index is 501. The number of primary amides is 1. The number of benzene rings is 1. The van der Waals surface area contributed by atoms with Gasteiger partial charge in [0.05, 0.1) is 5.92 Å². The molecule has 17 heavy (non-hydrogen) atoms. The Kier molecular flexibility index (Phi) is 2.45. The van der Waals surface area contributed by atoms with E-state index in [1.165, 1.54) is 0 Å². The fourth-order valence-electron chi connectivity index (χ4n) is 2.27. The summed E-state index contributed by atoms with van der Waals surface area (Å²) >= 11 is 0. The van der Waals surface area contributed by atoms with E-state index in [0.29, 0.717) is 5.56 Å². The summed E-state index contributed by atoms with van der Waals surface area (Å²) < 4.78 is 0. The zero-order valence-electron chi connectivity index (χ0n) is 10.2. The van der Waals surface area contributed by atoms with Crippen LogP contribution < -0.4 is 11.1 Å². The smallest absolute Gasteiger partial charge is 0.248 e. The minimum atomic E-state index is -0.472. The van der Waals surface area contributed by atoms with E-state index in [0.717, 1.165) is 11.3 Å². The highest BCUT2D eigenvalue weighted by molar-refractivity contribution is 6.04. The average Bonchev–Trinajstić information content (AvgIpc) is 2.51. The van der Waals surface area contributed by atoms with Crippen LogP contribution in [0.2, 0.25) is 0 Å². The Morgan fingerprint density at radius 1 is 1.35 bits per heavy atom. The Labute approximate surface area is 100 Å². The summed E-state index contributed by atoms with van der Waals surface area (Å²) in [6, 6.07) is 5.08. The third kappa shape index (κ3) is 1.90. The van der Waals surface area contributed by atoms with Gasteiger partial charge in [-0.1, -0.05) is 20.8 Å². The third-order valence-corrected chi connectivity index (χ3v) is 3.03. The molecule has 1 unspecified atom stereocenters. The van der Waals surface area contributed by atoms with Gasteiger partial charge in [-0.2, -0.15) is 0 Å². The monoisotopic (exact) mass is 232 g/mol. The van der Waals surface area contributed by atoms with Crippen LogP contribution in [-0.2, 0) is 4.79 Å². The number of nitrogens with two attached hydrogens (primary N) is 1. The zero-order valence-corrected chi connectivity index (χ0v) is 10.2. The predicted molar refractivity (Wildman–Crippen MR) is 65.8 cm³/mol. The summed E-state index contributed by atoms with van der Waals surface area (Å²) in [5.41, 5.74) is 7.14. The number of rotatable bonds is 1. The third-order valence-electron chi connectivity index (χ3n) is 3.03. The van der Waals surface area contributed by atoms with Crippen molar-refractivity contribution >= 4 is 17.5 Å². The lowest BCUT2D eigenvalue weighted by Crippen LogP contribution is -2.25. The number of carbonyl (C=O) groups is 2. The van der Waals surface area contributed by atoms with Gasteiger partial charge in [-0.25, -0.2) is 0 Å². The van der Waals surface area contributed by atoms with Gasteiger partial charge in [0, 0.05) is 11.3 Å². The maximum atomic E-state index is 11.9. The molecule has 0 saturated heterocycles. The second-order valence-electron chi connectivity index (χ2n) is 5.45. The van der Waals surface area contributed by atoms with Crippen molar-refractivity contribution in [2.75, 3.05) is 5.32 Å². The van der Waals surface area contributed by atoms with Gasteiger partial charge in [-0.05, 0) is 29.2 Å². The van der Waals surface area contributed by atoms with Gasteiger partial charge in [-0.3, -0.25) is 9.59 Å². The SMILES string of the molecule is CC(C)(C)C1C(=O)Nc2ccc(C(N)=O)cc21. The van der Waals surface area contributed by atoms with Crippen LogP contribution in [0.15, 0.2) is 18.2 Å². The van der Waals surface area contributed by atoms with Crippen molar-refractivity contribution in [3.8, 4) is 0 Å². The van der Waals surface area contributed by atoms with E-state index in [-0.39, 0.29) is 17.2 Å². The molecule has 0 bridgehead atoms. The van der Waals surface area contributed by atoms with Crippen molar-refractivity contribution in [2.45, 2.75) is 26.7 Å². The largest absolute Gasteiger partial charge is 0.366 e. The van der Waals surface area contributed by atoms with Crippen LogP contribution in [-0.4, -0.2) is 11.8 Å². The van der Waals surface area contributed by atoms with E-state index in [2.05, 4.69) is 5.32 Å². The molecule has 3 N–H and O–H groups in total. The lowest BCUT2D eigenvalue weighted by molar-refractivity contribution is -0.119. The standard InChI is InChI=1S/C13H16N2O2/c1-13(2,3)10-8-6-7(11(14)16)4-5-9(8)15-12(10)17/h4-6,10H,1-3H3,(H2,14,16)(H,15,17). The number of anilines is 1. The Morgan fingerprint density at radius 3 is 2.53 bits per heavy atom. The van der Waals surface area contributed by atoms with E-state index in [9.17, 15) is 9.59 Å². The zero-order chi connectivity index (χ0) is 12.8. The minimum Gasteiger partial charge on any atom is -0.366 e. The molecular weight excluding hydrogens is 216 g/mol. The normalized spacial score (nSPS) is 18.8. The lowest BCUT2D eigenvalue weighted by Gasteiger charge is -2.25. The first-order chi connectivity index (χ1) is 7.80. The summed E-state index contributed by atoms with van der Waals surface area (Å²) in [5.74, 6) is -0.731. The second kappa shape index (κ2) is 3.58. The predicted octanol–water partition coefficient (Wildman–Crippen LogP) is 1.87. The molecule has 0 aliphatic carbocycles. The molecule has 0 fully saturated rings. The van der Waals surface area contributed by atoms with Gasteiger partial charge < -0.3 is 11.1 Å². The minimum absolute atomic E-state index is 0.0193. The van der Waals surface area contributed by atoms with Crippen LogP contribution in [0.1, 0.15) is 42.6 Å². The molecule has 0 saturated carbocycles. The number of fused-ring (bicyclic) bond motifs is 1. The molecule has 1 heterocycles. The highest BCUT2D eigenvalue weighted by Crippen LogP contribution is 2.43. The van der Waals surface area contributed by atoms with E-state index in [1.807, 2.05) is 20.8 Å². The van der Waals surface area contributed by atoms with Crippen LogP contribution in [0.3, 0.4) is 0 Å². The summed E-state index contributed by atoms with van der Waals surface area (Å²) in [4.78, 5) is 23.1. The number of nitrogens with one attached hydrogen (secondary N) is 1. The van der Waals surface area contributed by atoms with Crippen LogP contribution in [0.25, 0.3) is 0 Å². The first-order valence-electron chi connectivity index (χ1n) is 5.55. The molecule has 1 aliphatic heterocycles. The van der Waals surface area contributed by atoms with Crippen LogP contribution in [0.5, 0.6) is 0 Å². The van der Waals surface area contributed by atoms with Crippen molar-refractivity contribution in [2.24, 2.45) is 11.1 Å². The number of hydrogen-bond donors (Lipinski definition) is 2. The fourth-order valence-corrected chi connectivity index (χ4v) is 2.27. The molecule has 4 nitrogen and oxygen atoms in total. The number of carbonyl (C=O) groups excluding carboxylic acids is 2.